The molecule has 178 valence electrons. The minimum atomic E-state index is -1.05. The van der Waals surface area contributed by atoms with Gasteiger partial charge in [-0.2, -0.15) is 0 Å². The van der Waals surface area contributed by atoms with Crippen molar-refractivity contribution in [3.8, 4) is 11.1 Å². The number of carbonyl (C=O) groups is 3. The first kappa shape index (κ1) is 23.8. The van der Waals surface area contributed by atoms with Gasteiger partial charge in [-0.3, -0.25) is 4.79 Å². The van der Waals surface area contributed by atoms with Crippen LogP contribution in [0.3, 0.4) is 0 Å². The fourth-order valence-electron chi connectivity index (χ4n) is 4.13. The van der Waals surface area contributed by atoms with Crippen molar-refractivity contribution in [3.05, 3.63) is 95.6 Å². The van der Waals surface area contributed by atoms with E-state index in [-0.39, 0.29) is 25.0 Å². The second-order valence-corrected chi connectivity index (χ2v) is 8.39. The zero-order chi connectivity index (χ0) is 24.8. The zero-order valence-corrected chi connectivity index (χ0v) is 19.2. The van der Waals surface area contributed by atoms with Gasteiger partial charge in [0.1, 0.15) is 6.61 Å². The van der Waals surface area contributed by atoms with E-state index < -0.39 is 18.0 Å². The number of carboxylic acids is 1. The number of ether oxygens (including phenoxy) is 1. The molecule has 3 aromatic carbocycles. The predicted octanol–water partition coefficient (Wildman–Crippen LogP) is 4.90. The van der Waals surface area contributed by atoms with Crippen LogP contribution in [0, 0.1) is 5.92 Å². The van der Waals surface area contributed by atoms with Crippen LogP contribution in [0.2, 0.25) is 0 Å². The number of anilines is 1. The molecule has 0 aromatic heterocycles. The molecule has 7 nitrogen and oxygen atoms in total. The van der Waals surface area contributed by atoms with Crippen LogP contribution in [0.25, 0.3) is 17.2 Å². The van der Waals surface area contributed by atoms with Gasteiger partial charge in [0.25, 0.3) is 0 Å². The third-order valence-electron chi connectivity index (χ3n) is 5.92. The molecule has 2 amide bonds. The van der Waals surface area contributed by atoms with E-state index in [1.807, 2.05) is 24.3 Å². The molecule has 0 spiro atoms. The van der Waals surface area contributed by atoms with Gasteiger partial charge in [-0.05, 0) is 46.0 Å². The number of benzene rings is 3. The fourth-order valence-corrected chi connectivity index (χ4v) is 4.13. The standard InChI is InChI=1S/C28H26N2O5/c1-18(27(33)30-20-8-6-7-19(15-20)13-14-26(31)32)16-29-28(34)35-17-25-23-11-4-2-9-21(23)22-10-3-5-12-24(22)25/h2-15,18,25H,16-17H2,1H3,(H,29,34)(H,30,33)(H,31,32)/b14-13+. The van der Waals surface area contributed by atoms with E-state index in [9.17, 15) is 14.4 Å². The van der Waals surface area contributed by atoms with E-state index >= 15 is 0 Å². The van der Waals surface area contributed by atoms with Crippen LogP contribution in [-0.2, 0) is 14.3 Å². The van der Waals surface area contributed by atoms with Crippen LogP contribution >= 0.6 is 0 Å². The van der Waals surface area contributed by atoms with Crippen molar-refractivity contribution in [2.45, 2.75) is 12.8 Å². The summed E-state index contributed by atoms with van der Waals surface area (Å²) in [7, 11) is 0. The van der Waals surface area contributed by atoms with Crippen molar-refractivity contribution >= 4 is 29.7 Å². The van der Waals surface area contributed by atoms with Gasteiger partial charge in [-0.15, -0.1) is 0 Å². The molecule has 0 saturated carbocycles. The van der Waals surface area contributed by atoms with Crippen LogP contribution in [0.15, 0.2) is 78.9 Å². The molecule has 0 radical (unpaired) electrons. The topological polar surface area (TPSA) is 105 Å². The normalized spacial score (nSPS) is 13.1. The second-order valence-electron chi connectivity index (χ2n) is 8.39. The van der Waals surface area contributed by atoms with E-state index in [1.54, 1.807) is 31.2 Å². The van der Waals surface area contributed by atoms with Crippen molar-refractivity contribution in [1.82, 2.24) is 5.32 Å². The van der Waals surface area contributed by atoms with Crippen molar-refractivity contribution in [1.29, 1.82) is 0 Å². The first-order chi connectivity index (χ1) is 16.9. The predicted molar refractivity (Wildman–Crippen MR) is 134 cm³/mol. The Kier molecular flexibility index (Phi) is 7.26. The number of hydrogen-bond donors (Lipinski definition) is 3. The number of nitrogens with one attached hydrogen (secondary N) is 2. The molecule has 0 bridgehead atoms. The van der Waals surface area contributed by atoms with Gasteiger partial charge in [0.2, 0.25) is 5.91 Å². The highest BCUT2D eigenvalue weighted by atomic mass is 16.5. The van der Waals surface area contributed by atoms with E-state index in [1.165, 1.54) is 6.08 Å². The van der Waals surface area contributed by atoms with Gasteiger partial charge in [0, 0.05) is 24.2 Å². The number of rotatable bonds is 8. The van der Waals surface area contributed by atoms with Crippen molar-refractivity contribution in [2.75, 3.05) is 18.5 Å². The maximum absolute atomic E-state index is 12.5. The minimum absolute atomic E-state index is 0.0312. The first-order valence-corrected chi connectivity index (χ1v) is 11.3. The molecule has 1 aliphatic carbocycles. The average molecular weight is 471 g/mol. The number of amides is 2. The molecule has 7 heteroatoms. The molecular formula is C28H26N2O5. The first-order valence-electron chi connectivity index (χ1n) is 11.3. The molecule has 1 aliphatic rings. The van der Waals surface area contributed by atoms with Gasteiger partial charge in [0.15, 0.2) is 0 Å². The Labute approximate surface area is 203 Å². The van der Waals surface area contributed by atoms with Crippen LogP contribution < -0.4 is 10.6 Å². The largest absolute Gasteiger partial charge is 0.478 e. The van der Waals surface area contributed by atoms with Gasteiger partial charge >= 0.3 is 12.1 Å². The quantitative estimate of drug-likeness (QED) is 0.406. The maximum Gasteiger partial charge on any atom is 0.407 e. The Bertz CT molecular complexity index is 1240. The van der Waals surface area contributed by atoms with E-state index in [2.05, 4.69) is 34.9 Å². The summed E-state index contributed by atoms with van der Waals surface area (Å²) in [6.07, 6.45) is 1.90. The summed E-state index contributed by atoms with van der Waals surface area (Å²) in [5.74, 6) is -1.86. The molecule has 1 unspecified atom stereocenters. The Morgan fingerprint density at radius 3 is 2.29 bits per heavy atom. The second kappa shape index (κ2) is 10.7. The third-order valence-corrected chi connectivity index (χ3v) is 5.92. The zero-order valence-electron chi connectivity index (χ0n) is 19.2. The molecule has 3 N–H and O–H groups in total. The fraction of sp³-hybridized carbons (Fsp3) is 0.179. The maximum atomic E-state index is 12.5. The molecule has 1 atom stereocenters. The molecule has 0 aliphatic heterocycles. The summed E-state index contributed by atoms with van der Waals surface area (Å²) in [5, 5.41) is 14.2. The number of carbonyl (C=O) groups excluding carboxylic acids is 2. The van der Waals surface area contributed by atoms with Gasteiger partial charge in [0.05, 0.1) is 5.92 Å². The van der Waals surface area contributed by atoms with Crippen LogP contribution in [0.1, 0.15) is 29.5 Å². The lowest BCUT2D eigenvalue weighted by Gasteiger charge is -2.16. The summed E-state index contributed by atoms with van der Waals surface area (Å²) in [6, 6.07) is 23.1. The van der Waals surface area contributed by atoms with Crippen LogP contribution in [0.5, 0.6) is 0 Å². The summed E-state index contributed by atoms with van der Waals surface area (Å²) >= 11 is 0. The Hall–Kier alpha value is -4.39. The molecule has 0 saturated heterocycles. The number of carboxylic acid groups (broad SMARTS) is 1. The lowest BCUT2D eigenvalue weighted by molar-refractivity contribution is -0.131. The lowest BCUT2D eigenvalue weighted by atomic mass is 9.98. The molecular weight excluding hydrogens is 444 g/mol. The number of fused-ring (bicyclic) bond motifs is 3. The van der Waals surface area contributed by atoms with Crippen molar-refractivity contribution in [3.63, 3.8) is 0 Å². The number of hydrogen-bond acceptors (Lipinski definition) is 4. The third kappa shape index (κ3) is 5.76. The number of alkyl carbamates (subject to hydrolysis) is 1. The van der Waals surface area contributed by atoms with Crippen LogP contribution in [0.4, 0.5) is 10.5 Å². The van der Waals surface area contributed by atoms with E-state index in [0.717, 1.165) is 28.3 Å². The highest BCUT2D eigenvalue weighted by Gasteiger charge is 2.29. The monoisotopic (exact) mass is 470 g/mol. The summed E-state index contributed by atoms with van der Waals surface area (Å²) < 4.78 is 5.51. The smallest absolute Gasteiger partial charge is 0.407 e. The SMILES string of the molecule is CC(CNC(=O)OCC1c2ccccc2-c2ccccc21)C(=O)Nc1cccc(/C=C/C(=O)O)c1. The van der Waals surface area contributed by atoms with Gasteiger partial charge in [-0.25, -0.2) is 9.59 Å². The molecule has 0 fully saturated rings. The molecule has 3 aromatic rings. The highest BCUT2D eigenvalue weighted by molar-refractivity contribution is 5.93. The molecule has 35 heavy (non-hydrogen) atoms. The van der Waals surface area contributed by atoms with Gasteiger partial charge in [-0.1, -0.05) is 67.6 Å². The average Bonchev–Trinajstić information content (AvgIpc) is 3.18. The Morgan fingerprint density at radius 1 is 0.971 bits per heavy atom. The molecule has 0 heterocycles. The highest BCUT2D eigenvalue weighted by Crippen LogP contribution is 2.44. The Morgan fingerprint density at radius 2 is 1.63 bits per heavy atom. The van der Waals surface area contributed by atoms with Crippen LogP contribution in [-0.4, -0.2) is 36.2 Å². The number of aliphatic carboxylic acids is 1. The van der Waals surface area contributed by atoms with Crippen molar-refractivity contribution in [2.24, 2.45) is 5.92 Å². The van der Waals surface area contributed by atoms with E-state index in [0.29, 0.717) is 11.3 Å². The minimum Gasteiger partial charge on any atom is -0.478 e. The lowest BCUT2D eigenvalue weighted by Crippen LogP contribution is -2.35. The summed E-state index contributed by atoms with van der Waals surface area (Å²) in [6.45, 7) is 2.02. The van der Waals surface area contributed by atoms with Crippen molar-refractivity contribution < 1.29 is 24.2 Å². The molecule has 4 rings (SSSR count). The van der Waals surface area contributed by atoms with Gasteiger partial charge < -0.3 is 20.5 Å². The Balaban J connectivity index is 1.28. The van der Waals surface area contributed by atoms with E-state index in [4.69, 9.17) is 9.84 Å². The summed E-state index contributed by atoms with van der Waals surface area (Å²) in [4.78, 5) is 35.6. The summed E-state index contributed by atoms with van der Waals surface area (Å²) in [5.41, 5.74) is 5.77.